The molecule has 1 N–H and O–H groups in total. The number of amides is 1. The Morgan fingerprint density at radius 2 is 1.40 bits per heavy atom. The van der Waals surface area contributed by atoms with Gasteiger partial charge in [0.15, 0.2) is 6.10 Å². The molecule has 0 spiro atoms. The van der Waals surface area contributed by atoms with Gasteiger partial charge in [0.2, 0.25) is 0 Å². The lowest BCUT2D eigenvalue weighted by Crippen LogP contribution is -2.32. The molecule has 1 amide bonds. The normalized spacial score (nSPS) is 11.5. The standard InChI is InChI=1S/C33H30N4O5/c1-5-28(32(38)37-31-20(2)7-6-18-34-31)42-33(39)23-12-17-26-27(19-23)36-30(22-10-15-25(41-4)16-11-22)29(35-26)21-8-13-24(40-3)14-9-21/h6-19,28H,5H2,1-4H3,(H,34,37,38). The number of ether oxygens (including phenoxy) is 3. The van der Waals surface area contributed by atoms with Crippen LogP contribution < -0.4 is 14.8 Å². The summed E-state index contributed by atoms with van der Waals surface area (Å²) < 4.78 is 16.2. The fourth-order valence-electron chi connectivity index (χ4n) is 4.41. The Labute approximate surface area is 243 Å². The van der Waals surface area contributed by atoms with Crippen LogP contribution in [0.2, 0.25) is 0 Å². The minimum atomic E-state index is -0.993. The summed E-state index contributed by atoms with van der Waals surface area (Å²) in [5, 5.41) is 2.74. The van der Waals surface area contributed by atoms with Crippen LogP contribution in [-0.4, -0.2) is 47.2 Å². The van der Waals surface area contributed by atoms with Gasteiger partial charge in [-0.25, -0.2) is 19.7 Å². The van der Waals surface area contributed by atoms with E-state index >= 15 is 0 Å². The Kier molecular flexibility index (Phi) is 8.38. The minimum absolute atomic E-state index is 0.259. The second-order valence-electron chi connectivity index (χ2n) is 9.54. The summed E-state index contributed by atoms with van der Waals surface area (Å²) in [5.74, 6) is 0.798. The van der Waals surface area contributed by atoms with E-state index in [4.69, 9.17) is 24.2 Å². The minimum Gasteiger partial charge on any atom is -0.497 e. The number of nitrogens with one attached hydrogen (secondary N) is 1. The maximum atomic E-state index is 13.2. The van der Waals surface area contributed by atoms with Gasteiger partial charge >= 0.3 is 5.97 Å². The highest BCUT2D eigenvalue weighted by atomic mass is 16.5. The van der Waals surface area contributed by atoms with E-state index < -0.39 is 18.0 Å². The molecule has 42 heavy (non-hydrogen) atoms. The van der Waals surface area contributed by atoms with Crippen LogP contribution in [0.1, 0.15) is 29.3 Å². The number of nitrogens with zero attached hydrogens (tertiary/aromatic N) is 3. The van der Waals surface area contributed by atoms with Crippen molar-refractivity contribution in [3.05, 3.63) is 96.2 Å². The zero-order valence-corrected chi connectivity index (χ0v) is 23.8. The van der Waals surface area contributed by atoms with Gasteiger partial charge in [-0.2, -0.15) is 0 Å². The molecule has 9 heteroatoms. The fourth-order valence-corrected chi connectivity index (χ4v) is 4.41. The lowest BCUT2D eigenvalue weighted by Gasteiger charge is -2.17. The third-order valence-electron chi connectivity index (χ3n) is 6.79. The van der Waals surface area contributed by atoms with E-state index in [1.165, 1.54) is 0 Å². The van der Waals surface area contributed by atoms with Crippen LogP contribution in [0.5, 0.6) is 11.5 Å². The molecule has 2 aromatic heterocycles. The highest BCUT2D eigenvalue weighted by Gasteiger charge is 2.24. The SMILES string of the molecule is CCC(OC(=O)c1ccc2nc(-c3ccc(OC)cc3)c(-c3ccc(OC)cc3)nc2c1)C(=O)Nc1ncccc1C. The Hall–Kier alpha value is -5.31. The van der Waals surface area contributed by atoms with E-state index in [0.717, 1.165) is 28.2 Å². The Morgan fingerprint density at radius 1 is 0.810 bits per heavy atom. The van der Waals surface area contributed by atoms with Crippen molar-refractivity contribution in [1.82, 2.24) is 15.0 Å². The van der Waals surface area contributed by atoms with Crippen molar-refractivity contribution in [3.8, 4) is 34.0 Å². The molecule has 2 heterocycles. The third kappa shape index (κ3) is 6.05. The number of esters is 1. The summed E-state index contributed by atoms with van der Waals surface area (Å²) in [6.07, 6.45) is 0.892. The number of anilines is 1. The molecule has 1 unspecified atom stereocenters. The molecule has 0 aliphatic heterocycles. The molecule has 212 valence electrons. The number of carbonyl (C=O) groups excluding carboxylic acids is 2. The van der Waals surface area contributed by atoms with E-state index in [0.29, 0.717) is 34.7 Å². The van der Waals surface area contributed by atoms with Crippen LogP contribution in [-0.2, 0) is 9.53 Å². The lowest BCUT2D eigenvalue weighted by atomic mass is 10.0. The maximum absolute atomic E-state index is 13.2. The summed E-state index contributed by atoms with van der Waals surface area (Å²) in [6.45, 7) is 3.61. The summed E-state index contributed by atoms with van der Waals surface area (Å²) >= 11 is 0. The number of carbonyl (C=O) groups is 2. The van der Waals surface area contributed by atoms with Crippen molar-refractivity contribution in [2.24, 2.45) is 0 Å². The first-order valence-electron chi connectivity index (χ1n) is 13.4. The van der Waals surface area contributed by atoms with Crippen molar-refractivity contribution in [2.45, 2.75) is 26.4 Å². The number of hydrogen-bond acceptors (Lipinski definition) is 8. The van der Waals surface area contributed by atoms with E-state index in [1.807, 2.05) is 61.5 Å². The highest BCUT2D eigenvalue weighted by molar-refractivity contribution is 5.99. The second-order valence-corrected chi connectivity index (χ2v) is 9.54. The molecule has 5 aromatic rings. The van der Waals surface area contributed by atoms with E-state index in [2.05, 4.69) is 10.3 Å². The van der Waals surface area contributed by atoms with Crippen LogP contribution in [0.15, 0.2) is 85.1 Å². The van der Waals surface area contributed by atoms with Gasteiger partial charge < -0.3 is 19.5 Å². The van der Waals surface area contributed by atoms with Crippen LogP contribution in [0.4, 0.5) is 5.82 Å². The summed E-state index contributed by atoms with van der Waals surface area (Å²) in [7, 11) is 3.23. The Balaban J connectivity index is 1.47. The van der Waals surface area contributed by atoms with Gasteiger partial charge in [0.25, 0.3) is 5.91 Å². The summed E-state index contributed by atoms with van der Waals surface area (Å²) in [5.41, 5.74) is 5.18. The number of hydrogen-bond donors (Lipinski definition) is 1. The van der Waals surface area contributed by atoms with Gasteiger partial charge in [0.1, 0.15) is 17.3 Å². The molecule has 0 aliphatic carbocycles. The van der Waals surface area contributed by atoms with Gasteiger partial charge in [-0.1, -0.05) is 13.0 Å². The van der Waals surface area contributed by atoms with Crippen molar-refractivity contribution in [2.75, 3.05) is 19.5 Å². The van der Waals surface area contributed by atoms with Crippen molar-refractivity contribution < 1.29 is 23.8 Å². The zero-order chi connectivity index (χ0) is 29.6. The summed E-state index contributed by atoms with van der Waals surface area (Å²) in [4.78, 5) is 40.1. The van der Waals surface area contributed by atoms with Crippen molar-refractivity contribution in [1.29, 1.82) is 0 Å². The number of methoxy groups -OCH3 is 2. The van der Waals surface area contributed by atoms with Crippen LogP contribution in [0.25, 0.3) is 33.5 Å². The topological polar surface area (TPSA) is 113 Å². The number of rotatable bonds is 9. The molecule has 0 fully saturated rings. The van der Waals surface area contributed by atoms with Gasteiger partial charge in [-0.05, 0) is 91.7 Å². The molecule has 0 saturated carbocycles. The maximum Gasteiger partial charge on any atom is 0.338 e. The largest absolute Gasteiger partial charge is 0.497 e. The molecule has 5 rings (SSSR count). The number of pyridine rings is 1. The molecular formula is C33H30N4O5. The Bertz CT molecular complexity index is 1740. The van der Waals surface area contributed by atoms with E-state index in [1.54, 1.807) is 51.6 Å². The molecular weight excluding hydrogens is 532 g/mol. The molecule has 1 atom stereocenters. The van der Waals surface area contributed by atoms with Crippen LogP contribution in [0, 0.1) is 6.92 Å². The number of aromatic nitrogens is 3. The average Bonchev–Trinajstić information content (AvgIpc) is 3.03. The van der Waals surface area contributed by atoms with E-state index in [9.17, 15) is 9.59 Å². The molecule has 0 aliphatic rings. The quantitative estimate of drug-likeness (QED) is 0.210. The average molecular weight is 563 g/mol. The number of fused-ring (bicyclic) bond motifs is 1. The van der Waals surface area contributed by atoms with Crippen LogP contribution >= 0.6 is 0 Å². The third-order valence-corrected chi connectivity index (χ3v) is 6.79. The van der Waals surface area contributed by atoms with Gasteiger partial charge in [-0.15, -0.1) is 0 Å². The zero-order valence-electron chi connectivity index (χ0n) is 23.8. The predicted molar refractivity (Wildman–Crippen MR) is 161 cm³/mol. The van der Waals surface area contributed by atoms with Crippen molar-refractivity contribution >= 4 is 28.7 Å². The smallest absolute Gasteiger partial charge is 0.338 e. The molecule has 0 saturated heterocycles. The molecule has 0 bridgehead atoms. The number of aryl methyl sites for hydroxylation is 1. The molecule has 3 aromatic carbocycles. The van der Waals surface area contributed by atoms with Crippen molar-refractivity contribution in [3.63, 3.8) is 0 Å². The molecule has 0 radical (unpaired) electrons. The molecule has 9 nitrogen and oxygen atoms in total. The Morgan fingerprint density at radius 3 is 1.95 bits per heavy atom. The van der Waals surface area contributed by atoms with Crippen LogP contribution in [0.3, 0.4) is 0 Å². The number of benzene rings is 3. The van der Waals surface area contributed by atoms with Gasteiger partial charge in [0.05, 0.1) is 42.2 Å². The second kappa shape index (κ2) is 12.5. The summed E-state index contributed by atoms with van der Waals surface area (Å²) in [6, 6.07) is 23.7. The lowest BCUT2D eigenvalue weighted by molar-refractivity contribution is -0.124. The van der Waals surface area contributed by atoms with Gasteiger partial charge in [-0.3, -0.25) is 4.79 Å². The predicted octanol–water partition coefficient (Wildman–Crippen LogP) is 6.26. The monoisotopic (exact) mass is 562 g/mol. The fraction of sp³-hybridized carbons (Fsp3) is 0.182. The first-order chi connectivity index (χ1) is 20.4. The highest BCUT2D eigenvalue weighted by Crippen LogP contribution is 2.33. The van der Waals surface area contributed by atoms with Gasteiger partial charge in [0, 0.05) is 17.3 Å². The van der Waals surface area contributed by atoms with E-state index in [-0.39, 0.29) is 5.56 Å². The first-order valence-corrected chi connectivity index (χ1v) is 13.4. The first kappa shape index (κ1) is 28.2.